The fourth-order valence-electron chi connectivity index (χ4n) is 3.18. The number of benzene rings is 2. The zero-order valence-corrected chi connectivity index (χ0v) is 18.3. The average molecular weight is 418 g/mol. The Labute approximate surface area is 181 Å². The Morgan fingerprint density at radius 3 is 2.23 bits per heavy atom. The van der Waals surface area contributed by atoms with Crippen molar-refractivity contribution in [2.45, 2.75) is 40.7 Å². The SMILES string of the molecule is CC(=O)Nc1cc(-c2ccc(=O)n([C@@H](C)C(=O)Nc3cc(C)ccc3C)n2)ccc1C. The summed E-state index contributed by atoms with van der Waals surface area (Å²) in [5, 5.41) is 10.1. The van der Waals surface area contributed by atoms with E-state index < -0.39 is 6.04 Å². The number of rotatable bonds is 5. The molecule has 1 aromatic heterocycles. The minimum absolute atomic E-state index is 0.171. The van der Waals surface area contributed by atoms with Gasteiger partial charge in [-0.25, -0.2) is 4.68 Å². The first kappa shape index (κ1) is 22.0. The average Bonchev–Trinajstić information content (AvgIpc) is 2.72. The van der Waals surface area contributed by atoms with E-state index in [9.17, 15) is 14.4 Å². The van der Waals surface area contributed by atoms with E-state index in [2.05, 4.69) is 15.7 Å². The van der Waals surface area contributed by atoms with Crippen molar-refractivity contribution in [3.05, 3.63) is 75.6 Å². The van der Waals surface area contributed by atoms with Gasteiger partial charge in [0.2, 0.25) is 11.8 Å². The number of nitrogens with one attached hydrogen (secondary N) is 2. The first-order chi connectivity index (χ1) is 14.7. The summed E-state index contributed by atoms with van der Waals surface area (Å²) >= 11 is 0. The second-order valence-corrected chi connectivity index (χ2v) is 7.70. The molecule has 0 unspecified atom stereocenters. The molecular formula is C24H26N4O3. The van der Waals surface area contributed by atoms with Crippen LogP contribution in [0.3, 0.4) is 0 Å². The molecule has 31 heavy (non-hydrogen) atoms. The van der Waals surface area contributed by atoms with E-state index in [0.717, 1.165) is 22.3 Å². The number of aryl methyl sites for hydroxylation is 3. The zero-order valence-electron chi connectivity index (χ0n) is 18.3. The molecule has 0 aliphatic carbocycles. The number of amides is 2. The number of hydrogen-bond donors (Lipinski definition) is 2. The molecule has 2 N–H and O–H groups in total. The van der Waals surface area contributed by atoms with Gasteiger partial charge in [-0.15, -0.1) is 0 Å². The van der Waals surface area contributed by atoms with Gasteiger partial charge in [-0.1, -0.05) is 24.3 Å². The fraction of sp³-hybridized carbons (Fsp3) is 0.250. The highest BCUT2D eigenvalue weighted by molar-refractivity contribution is 5.94. The van der Waals surface area contributed by atoms with Crippen molar-refractivity contribution in [1.29, 1.82) is 0 Å². The highest BCUT2D eigenvalue weighted by atomic mass is 16.2. The van der Waals surface area contributed by atoms with Gasteiger partial charge in [-0.3, -0.25) is 14.4 Å². The van der Waals surface area contributed by atoms with Crippen LogP contribution in [0.2, 0.25) is 0 Å². The van der Waals surface area contributed by atoms with Crippen LogP contribution in [0.4, 0.5) is 11.4 Å². The highest BCUT2D eigenvalue weighted by Crippen LogP contribution is 2.24. The van der Waals surface area contributed by atoms with Crippen LogP contribution in [0.25, 0.3) is 11.3 Å². The van der Waals surface area contributed by atoms with Crippen molar-refractivity contribution in [2.75, 3.05) is 10.6 Å². The molecule has 0 saturated carbocycles. The fourth-order valence-corrected chi connectivity index (χ4v) is 3.18. The predicted octanol–water partition coefficient (Wildman–Crippen LogP) is 3.99. The number of carbonyl (C=O) groups is 2. The highest BCUT2D eigenvalue weighted by Gasteiger charge is 2.19. The van der Waals surface area contributed by atoms with Crippen molar-refractivity contribution >= 4 is 23.2 Å². The summed E-state index contributed by atoms with van der Waals surface area (Å²) in [7, 11) is 0. The normalized spacial score (nSPS) is 11.6. The maximum Gasteiger partial charge on any atom is 0.267 e. The lowest BCUT2D eigenvalue weighted by Gasteiger charge is -2.17. The van der Waals surface area contributed by atoms with Crippen molar-refractivity contribution in [1.82, 2.24) is 9.78 Å². The van der Waals surface area contributed by atoms with Crippen LogP contribution in [0.5, 0.6) is 0 Å². The minimum Gasteiger partial charge on any atom is -0.326 e. The van der Waals surface area contributed by atoms with E-state index in [0.29, 0.717) is 17.1 Å². The van der Waals surface area contributed by atoms with Gasteiger partial charge in [0.25, 0.3) is 5.56 Å². The van der Waals surface area contributed by atoms with Crippen LogP contribution in [-0.2, 0) is 9.59 Å². The van der Waals surface area contributed by atoms with Gasteiger partial charge in [0.1, 0.15) is 6.04 Å². The van der Waals surface area contributed by atoms with Crippen LogP contribution in [-0.4, -0.2) is 21.6 Å². The van der Waals surface area contributed by atoms with E-state index >= 15 is 0 Å². The molecule has 0 saturated heterocycles. The topological polar surface area (TPSA) is 93.1 Å². The molecule has 0 radical (unpaired) electrons. The van der Waals surface area contributed by atoms with Crippen molar-refractivity contribution < 1.29 is 9.59 Å². The Bertz CT molecular complexity index is 1210. The lowest BCUT2D eigenvalue weighted by atomic mass is 10.1. The van der Waals surface area contributed by atoms with Gasteiger partial charge in [0.05, 0.1) is 5.69 Å². The second kappa shape index (κ2) is 8.95. The molecule has 1 heterocycles. The first-order valence-electron chi connectivity index (χ1n) is 10.0. The Morgan fingerprint density at radius 1 is 0.903 bits per heavy atom. The van der Waals surface area contributed by atoms with Gasteiger partial charge < -0.3 is 10.6 Å². The van der Waals surface area contributed by atoms with Gasteiger partial charge in [0.15, 0.2) is 0 Å². The van der Waals surface area contributed by atoms with Crippen molar-refractivity contribution in [2.24, 2.45) is 0 Å². The van der Waals surface area contributed by atoms with E-state index in [1.165, 1.54) is 17.7 Å². The van der Waals surface area contributed by atoms with Crippen LogP contribution in [0.1, 0.15) is 36.6 Å². The quantitative estimate of drug-likeness (QED) is 0.655. The molecule has 0 aliphatic rings. The van der Waals surface area contributed by atoms with E-state index in [1.807, 2.05) is 51.1 Å². The Kier molecular flexibility index (Phi) is 6.34. The lowest BCUT2D eigenvalue weighted by Crippen LogP contribution is -2.33. The molecule has 0 spiro atoms. The smallest absolute Gasteiger partial charge is 0.267 e. The number of carbonyl (C=O) groups excluding carboxylic acids is 2. The van der Waals surface area contributed by atoms with Crippen molar-refractivity contribution in [3.63, 3.8) is 0 Å². The van der Waals surface area contributed by atoms with Gasteiger partial charge >= 0.3 is 0 Å². The molecular weight excluding hydrogens is 392 g/mol. The predicted molar refractivity (Wildman–Crippen MR) is 122 cm³/mol. The van der Waals surface area contributed by atoms with Gasteiger partial charge in [-0.05, 0) is 62.6 Å². The van der Waals surface area contributed by atoms with Crippen LogP contribution in [0.15, 0.2) is 53.3 Å². The molecule has 7 nitrogen and oxygen atoms in total. The van der Waals surface area contributed by atoms with Crippen LogP contribution in [0, 0.1) is 20.8 Å². The Balaban J connectivity index is 1.92. The molecule has 160 valence electrons. The van der Waals surface area contributed by atoms with E-state index in [1.54, 1.807) is 19.1 Å². The molecule has 2 aromatic carbocycles. The monoisotopic (exact) mass is 418 g/mol. The number of hydrogen-bond acceptors (Lipinski definition) is 4. The number of anilines is 2. The molecule has 0 aliphatic heterocycles. The van der Waals surface area contributed by atoms with Gasteiger partial charge in [-0.2, -0.15) is 5.10 Å². The second-order valence-electron chi connectivity index (χ2n) is 7.70. The summed E-state index contributed by atoms with van der Waals surface area (Å²) in [6.07, 6.45) is 0. The van der Waals surface area contributed by atoms with E-state index in [-0.39, 0.29) is 17.4 Å². The third-order valence-electron chi connectivity index (χ3n) is 5.07. The molecule has 1 atom stereocenters. The lowest BCUT2D eigenvalue weighted by molar-refractivity contribution is -0.119. The largest absolute Gasteiger partial charge is 0.326 e. The Hall–Kier alpha value is -3.74. The summed E-state index contributed by atoms with van der Waals surface area (Å²) in [6.45, 7) is 8.83. The maximum absolute atomic E-state index is 12.8. The minimum atomic E-state index is -0.812. The zero-order chi connectivity index (χ0) is 22.7. The summed E-state index contributed by atoms with van der Waals surface area (Å²) in [5.41, 5.74) is 5.13. The molecule has 0 bridgehead atoms. The third-order valence-corrected chi connectivity index (χ3v) is 5.07. The van der Waals surface area contributed by atoms with E-state index in [4.69, 9.17) is 0 Å². The van der Waals surface area contributed by atoms with Gasteiger partial charge in [0, 0.05) is 29.9 Å². The molecule has 3 rings (SSSR count). The van der Waals surface area contributed by atoms with Crippen LogP contribution < -0.4 is 16.2 Å². The summed E-state index contributed by atoms with van der Waals surface area (Å²) in [6, 6.07) is 13.5. The van der Waals surface area contributed by atoms with Crippen molar-refractivity contribution in [3.8, 4) is 11.3 Å². The molecule has 3 aromatic rings. The maximum atomic E-state index is 12.8. The third kappa shape index (κ3) is 5.06. The summed E-state index contributed by atoms with van der Waals surface area (Å²) < 4.78 is 1.17. The Morgan fingerprint density at radius 2 is 1.55 bits per heavy atom. The van der Waals surface area contributed by atoms with Crippen LogP contribution >= 0.6 is 0 Å². The number of aromatic nitrogens is 2. The standard InChI is InChI=1S/C24H26N4O3/c1-14-6-7-15(2)21(12-14)26-24(31)17(4)28-23(30)11-10-20(27-28)19-9-8-16(3)22(13-19)25-18(5)29/h6-13,17H,1-5H3,(H,25,29)(H,26,31)/t17-/m0/s1. The summed E-state index contributed by atoms with van der Waals surface area (Å²) in [4.78, 5) is 36.7. The molecule has 0 fully saturated rings. The molecule has 2 amide bonds. The summed E-state index contributed by atoms with van der Waals surface area (Å²) in [5.74, 6) is -0.502. The first-order valence-corrected chi connectivity index (χ1v) is 10.0. The number of nitrogens with zero attached hydrogens (tertiary/aromatic N) is 2. The molecule has 7 heteroatoms.